The molecule has 9 rings (SSSR count). The molecule has 7 aromatic rings. The van der Waals surface area contributed by atoms with Gasteiger partial charge in [-0.05, 0) is 38.9 Å². The smallest absolute Gasteiger partial charge is 0.187 e. The minimum atomic E-state index is -0.983. The molecular formula is C61H64O10S. The lowest BCUT2D eigenvalue weighted by Crippen LogP contribution is -2.63. The van der Waals surface area contributed by atoms with Crippen LogP contribution in [0.2, 0.25) is 0 Å². The molecule has 0 unspecified atom stereocenters. The number of rotatable bonds is 25. The van der Waals surface area contributed by atoms with Crippen LogP contribution in [0, 0.1) is 0 Å². The molecule has 2 fully saturated rings. The van der Waals surface area contributed by atoms with Crippen molar-refractivity contribution in [1.29, 1.82) is 0 Å². The molecule has 0 saturated carbocycles. The lowest BCUT2D eigenvalue weighted by molar-refractivity contribution is -0.337. The van der Waals surface area contributed by atoms with Crippen LogP contribution in [0.15, 0.2) is 212 Å². The molecule has 0 spiro atoms. The Morgan fingerprint density at radius 1 is 0.278 bits per heavy atom. The Bertz CT molecular complexity index is 2550. The van der Waals surface area contributed by atoms with Crippen molar-refractivity contribution < 1.29 is 47.4 Å². The average molecular weight is 989 g/mol. The van der Waals surface area contributed by atoms with E-state index in [1.165, 1.54) is 0 Å². The monoisotopic (exact) mass is 988 g/mol. The van der Waals surface area contributed by atoms with Crippen molar-refractivity contribution in [3.63, 3.8) is 0 Å². The van der Waals surface area contributed by atoms with Crippen molar-refractivity contribution >= 4 is 12.6 Å². The zero-order valence-electron chi connectivity index (χ0n) is 40.4. The summed E-state index contributed by atoms with van der Waals surface area (Å²) in [5.41, 5.74) is 6.34. The van der Waals surface area contributed by atoms with Gasteiger partial charge in [0, 0.05) is 0 Å². The third kappa shape index (κ3) is 15.0. The molecule has 11 heteroatoms. The van der Waals surface area contributed by atoms with Gasteiger partial charge in [-0.3, -0.25) is 0 Å². The first-order chi connectivity index (χ1) is 35.6. The largest absolute Gasteiger partial charge is 0.374 e. The van der Waals surface area contributed by atoms with E-state index in [4.69, 9.17) is 60.0 Å². The molecule has 10 nitrogen and oxygen atoms in total. The highest BCUT2D eigenvalue weighted by Gasteiger charge is 2.51. The van der Waals surface area contributed by atoms with Crippen LogP contribution < -0.4 is 0 Å². The predicted molar refractivity (Wildman–Crippen MR) is 278 cm³/mol. The Kier molecular flexibility index (Phi) is 19.6. The minimum absolute atomic E-state index is 0.0154. The van der Waals surface area contributed by atoms with Crippen LogP contribution in [0.25, 0.3) is 0 Å². The van der Waals surface area contributed by atoms with Crippen LogP contribution in [0.1, 0.15) is 38.9 Å². The maximum Gasteiger partial charge on any atom is 0.187 e. The minimum Gasteiger partial charge on any atom is -0.374 e. The highest BCUT2D eigenvalue weighted by molar-refractivity contribution is 7.80. The van der Waals surface area contributed by atoms with Crippen LogP contribution in [0.5, 0.6) is 0 Å². The van der Waals surface area contributed by atoms with Crippen molar-refractivity contribution in [3.8, 4) is 0 Å². The maximum absolute atomic E-state index is 7.08. The second-order valence-electron chi connectivity index (χ2n) is 18.0. The Balaban J connectivity index is 1.04. The van der Waals surface area contributed by atoms with Gasteiger partial charge in [0.25, 0.3) is 0 Å². The summed E-state index contributed by atoms with van der Waals surface area (Å²) in [6.45, 7) is 2.36. The standard InChI is InChI=1S/C61H64O10S/c72-61-59(68-42-51-34-20-7-21-35-51)57(66-40-49-30-16-5-17-31-49)55(64-38-47-26-12-3-13-27-47)53(71-61)44-69-60-58(67-41-50-32-18-6-19-33-50)56(65-39-48-28-14-4-15-29-48)54(63-37-46-24-10-2-11-25-46)52(70-60)43-62-36-45-22-8-1-9-23-45/h1-35,52-61,72H,36-44H2/t52-,53-,54-,55-,56+,57+,58-,59-,60-,61-/m1/s1. The normalized spacial score (nSPS) is 24.2. The number of hydrogen-bond acceptors (Lipinski definition) is 11. The lowest BCUT2D eigenvalue weighted by atomic mass is 9.97. The van der Waals surface area contributed by atoms with E-state index >= 15 is 0 Å². The molecule has 0 aliphatic carbocycles. The average Bonchev–Trinajstić information content (AvgIpc) is 3.44. The van der Waals surface area contributed by atoms with Crippen molar-refractivity contribution in [3.05, 3.63) is 251 Å². The third-order valence-corrected chi connectivity index (χ3v) is 13.1. The van der Waals surface area contributed by atoms with Crippen LogP contribution >= 0.6 is 12.6 Å². The number of hydrogen-bond donors (Lipinski definition) is 1. The van der Waals surface area contributed by atoms with Crippen LogP contribution in [0.3, 0.4) is 0 Å². The molecule has 7 aromatic carbocycles. The van der Waals surface area contributed by atoms with E-state index in [1.807, 2.05) is 212 Å². The number of thiol groups is 1. The predicted octanol–water partition coefficient (Wildman–Crippen LogP) is 11.1. The van der Waals surface area contributed by atoms with Crippen LogP contribution in [0.4, 0.5) is 0 Å². The number of ether oxygens (including phenoxy) is 10. The fraction of sp³-hybridized carbons (Fsp3) is 0.311. The Morgan fingerprint density at radius 3 is 0.917 bits per heavy atom. The molecule has 72 heavy (non-hydrogen) atoms. The van der Waals surface area contributed by atoms with Gasteiger partial charge < -0.3 is 47.4 Å². The van der Waals surface area contributed by atoms with E-state index < -0.39 is 60.6 Å². The van der Waals surface area contributed by atoms with Crippen molar-refractivity contribution in [2.75, 3.05) is 13.2 Å². The molecule has 2 saturated heterocycles. The zero-order chi connectivity index (χ0) is 49.0. The summed E-state index contributed by atoms with van der Waals surface area (Å²) in [6, 6.07) is 70.5. The maximum atomic E-state index is 7.08. The van der Waals surface area contributed by atoms with Gasteiger partial charge in [0.05, 0.1) is 59.5 Å². The first-order valence-corrected chi connectivity index (χ1v) is 25.3. The van der Waals surface area contributed by atoms with Crippen LogP contribution in [-0.4, -0.2) is 73.8 Å². The molecule has 0 amide bonds. The first-order valence-electron chi connectivity index (χ1n) is 24.8. The van der Waals surface area contributed by atoms with Crippen LogP contribution in [-0.2, 0) is 93.6 Å². The van der Waals surface area contributed by atoms with Gasteiger partial charge in [0.2, 0.25) is 0 Å². The van der Waals surface area contributed by atoms with Crippen molar-refractivity contribution in [2.24, 2.45) is 0 Å². The summed E-state index contributed by atoms with van der Waals surface area (Å²) in [5, 5.41) is 0. The fourth-order valence-electron chi connectivity index (χ4n) is 8.97. The molecule has 0 bridgehead atoms. The van der Waals surface area contributed by atoms with Gasteiger partial charge in [-0.2, -0.15) is 0 Å². The van der Waals surface area contributed by atoms with Crippen molar-refractivity contribution in [2.45, 2.75) is 107 Å². The summed E-state index contributed by atoms with van der Waals surface area (Å²) >= 11 is 5.07. The van der Waals surface area contributed by atoms with Gasteiger partial charge >= 0.3 is 0 Å². The fourth-order valence-corrected chi connectivity index (χ4v) is 9.38. The van der Waals surface area contributed by atoms with Gasteiger partial charge in [-0.1, -0.05) is 212 Å². The first kappa shape index (κ1) is 51.4. The summed E-state index contributed by atoms with van der Waals surface area (Å²) in [4.78, 5) is 0. The highest BCUT2D eigenvalue weighted by atomic mass is 32.1. The van der Waals surface area contributed by atoms with E-state index in [0.717, 1.165) is 38.9 Å². The molecule has 2 heterocycles. The highest BCUT2D eigenvalue weighted by Crippen LogP contribution is 2.35. The molecule has 10 atom stereocenters. The second-order valence-corrected chi connectivity index (χ2v) is 18.5. The summed E-state index contributed by atoms with van der Waals surface area (Å²) in [6.07, 6.45) is -6.36. The Labute approximate surface area is 429 Å². The zero-order valence-corrected chi connectivity index (χ0v) is 41.3. The number of benzene rings is 7. The molecule has 0 N–H and O–H groups in total. The SMILES string of the molecule is S[C@H]1O[C@H](CO[C@@H]2O[C@H](COCc3ccccc3)[C@@H](OCc3ccccc3)[C@H](OCc3ccccc3)[C@H]2OCc2ccccc2)[C@@H](OCc2ccccc2)[C@H](OCc2ccccc2)[C@H]1OCc1ccccc1. The third-order valence-electron chi connectivity index (χ3n) is 12.7. The quantitative estimate of drug-likeness (QED) is 0.0558. The van der Waals surface area contributed by atoms with E-state index in [1.54, 1.807) is 0 Å². The Hall–Kier alpha value is -5.51. The van der Waals surface area contributed by atoms with E-state index in [9.17, 15) is 0 Å². The van der Waals surface area contributed by atoms with E-state index in [0.29, 0.717) is 39.6 Å². The van der Waals surface area contributed by atoms with Gasteiger partial charge in [0.1, 0.15) is 54.3 Å². The topological polar surface area (TPSA) is 92.3 Å². The summed E-state index contributed by atoms with van der Waals surface area (Å²) in [5.74, 6) is 0. The summed E-state index contributed by atoms with van der Waals surface area (Å²) in [7, 11) is 0. The lowest BCUT2D eigenvalue weighted by Gasteiger charge is -2.47. The van der Waals surface area contributed by atoms with Gasteiger partial charge in [-0.25, -0.2) is 0 Å². The molecule has 2 aliphatic heterocycles. The second kappa shape index (κ2) is 27.5. The molecule has 0 radical (unpaired) electrons. The van der Waals surface area contributed by atoms with E-state index in [-0.39, 0.29) is 19.8 Å². The summed E-state index contributed by atoms with van der Waals surface area (Å²) < 4.78 is 68.8. The van der Waals surface area contributed by atoms with E-state index in [2.05, 4.69) is 0 Å². The van der Waals surface area contributed by atoms with Gasteiger partial charge in [-0.15, -0.1) is 12.6 Å². The molecule has 374 valence electrons. The molecule has 2 aliphatic rings. The molecular weight excluding hydrogens is 925 g/mol. The van der Waals surface area contributed by atoms with Crippen molar-refractivity contribution in [1.82, 2.24) is 0 Å². The Morgan fingerprint density at radius 2 is 0.556 bits per heavy atom. The van der Waals surface area contributed by atoms with Gasteiger partial charge in [0.15, 0.2) is 6.29 Å². The molecule has 0 aromatic heterocycles.